The summed E-state index contributed by atoms with van der Waals surface area (Å²) in [4.78, 5) is 5.35. The summed E-state index contributed by atoms with van der Waals surface area (Å²) in [5, 5.41) is 2.58. The predicted molar refractivity (Wildman–Crippen MR) is 65.1 cm³/mol. The summed E-state index contributed by atoms with van der Waals surface area (Å²) < 4.78 is 0. The smallest absolute Gasteiger partial charge is 0.0797 e. The van der Waals surface area contributed by atoms with Crippen LogP contribution in [0.3, 0.4) is 0 Å². The molecule has 15 heavy (non-hydrogen) atoms. The summed E-state index contributed by atoms with van der Waals surface area (Å²) in [6.45, 7) is 0. The van der Waals surface area contributed by atoms with Gasteiger partial charge in [-0.15, -0.1) is 11.3 Å². The summed E-state index contributed by atoms with van der Waals surface area (Å²) in [6.07, 6.45) is 1.92. The molecule has 0 spiro atoms. The van der Waals surface area contributed by atoms with Gasteiger partial charge in [0, 0.05) is 11.8 Å². The van der Waals surface area contributed by atoms with Crippen LogP contribution in [0, 0.1) is 0 Å². The van der Waals surface area contributed by atoms with Crippen LogP contribution in [-0.4, -0.2) is 4.98 Å². The van der Waals surface area contributed by atoms with Crippen molar-refractivity contribution < 1.29 is 0 Å². The first-order valence-electron chi connectivity index (χ1n) is 4.82. The lowest BCUT2D eigenvalue weighted by Gasteiger charge is -2.02. The van der Waals surface area contributed by atoms with E-state index in [-0.39, 0.29) is 0 Å². The van der Waals surface area contributed by atoms with Gasteiger partial charge in [0.25, 0.3) is 0 Å². The van der Waals surface area contributed by atoms with Crippen molar-refractivity contribution in [3.8, 4) is 10.4 Å². The van der Waals surface area contributed by atoms with Crippen LogP contribution in [0.15, 0.2) is 54.2 Å². The normalized spacial score (nSPS) is 10.7. The molecule has 2 heteroatoms. The molecule has 1 heterocycles. The summed E-state index contributed by atoms with van der Waals surface area (Å²) in [6, 6.07) is 14.8. The molecule has 72 valence electrons. The Hall–Kier alpha value is -1.67. The minimum absolute atomic E-state index is 1.23. The number of fused-ring (bicyclic) bond motifs is 1. The maximum absolute atomic E-state index is 4.12. The van der Waals surface area contributed by atoms with E-state index in [1.807, 2.05) is 11.7 Å². The quantitative estimate of drug-likeness (QED) is 0.593. The molecule has 2 aromatic carbocycles. The van der Waals surface area contributed by atoms with Crippen molar-refractivity contribution in [3.63, 3.8) is 0 Å². The molecule has 0 saturated carbocycles. The SMILES string of the molecule is c1ccc2c(-c3cncs3)cccc2c1. The fourth-order valence-corrected chi connectivity index (χ4v) is 2.45. The third-order valence-electron chi connectivity index (χ3n) is 2.49. The zero-order valence-corrected chi connectivity index (χ0v) is 8.87. The lowest BCUT2D eigenvalue weighted by atomic mass is 10.0. The van der Waals surface area contributed by atoms with Gasteiger partial charge in [-0.3, -0.25) is 4.98 Å². The van der Waals surface area contributed by atoms with E-state index in [1.165, 1.54) is 21.2 Å². The maximum atomic E-state index is 4.12. The summed E-state index contributed by atoms with van der Waals surface area (Å²) in [5.41, 5.74) is 3.15. The molecular weight excluding hydrogens is 202 g/mol. The van der Waals surface area contributed by atoms with E-state index in [1.54, 1.807) is 11.3 Å². The predicted octanol–water partition coefficient (Wildman–Crippen LogP) is 3.96. The van der Waals surface area contributed by atoms with Gasteiger partial charge in [0.2, 0.25) is 0 Å². The highest BCUT2D eigenvalue weighted by Crippen LogP contribution is 2.30. The molecule has 0 bridgehead atoms. The minimum atomic E-state index is 1.23. The van der Waals surface area contributed by atoms with Crippen LogP contribution in [0.2, 0.25) is 0 Å². The van der Waals surface area contributed by atoms with Gasteiger partial charge >= 0.3 is 0 Å². The van der Waals surface area contributed by atoms with Crippen molar-refractivity contribution in [2.24, 2.45) is 0 Å². The van der Waals surface area contributed by atoms with E-state index in [0.717, 1.165) is 0 Å². The van der Waals surface area contributed by atoms with Gasteiger partial charge in [0.1, 0.15) is 0 Å². The van der Waals surface area contributed by atoms with Crippen LogP contribution in [0.5, 0.6) is 0 Å². The minimum Gasteiger partial charge on any atom is -0.252 e. The molecule has 0 saturated heterocycles. The molecule has 0 aliphatic carbocycles. The molecule has 0 aliphatic heterocycles. The van der Waals surface area contributed by atoms with E-state index in [2.05, 4.69) is 47.4 Å². The Bertz CT molecular complexity index is 579. The average Bonchev–Trinajstić information content (AvgIpc) is 2.82. The Morgan fingerprint density at radius 1 is 0.933 bits per heavy atom. The Morgan fingerprint density at radius 3 is 2.67 bits per heavy atom. The number of nitrogens with zero attached hydrogens (tertiary/aromatic N) is 1. The molecule has 3 rings (SSSR count). The Balaban J connectivity index is 2.36. The molecule has 0 N–H and O–H groups in total. The third kappa shape index (κ3) is 1.43. The lowest BCUT2D eigenvalue weighted by Crippen LogP contribution is -1.77. The van der Waals surface area contributed by atoms with Crippen LogP contribution in [-0.2, 0) is 0 Å². The molecule has 0 amide bonds. The van der Waals surface area contributed by atoms with Gasteiger partial charge in [-0.2, -0.15) is 0 Å². The zero-order chi connectivity index (χ0) is 10.1. The first-order valence-corrected chi connectivity index (χ1v) is 5.70. The number of rotatable bonds is 1. The molecule has 0 unspecified atom stereocenters. The highest BCUT2D eigenvalue weighted by atomic mass is 32.1. The van der Waals surface area contributed by atoms with Gasteiger partial charge in [0.05, 0.1) is 10.4 Å². The number of thiazole rings is 1. The molecule has 3 aromatic rings. The van der Waals surface area contributed by atoms with Crippen molar-refractivity contribution in [2.75, 3.05) is 0 Å². The molecule has 0 atom stereocenters. The summed E-state index contributed by atoms with van der Waals surface area (Å²) >= 11 is 1.68. The van der Waals surface area contributed by atoms with Gasteiger partial charge < -0.3 is 0 Å². The van der Waals surface area contributed by atoms with Crippen LogP contribution in [0.4, 0.5) is 0 Å². The number of benzene rings is 2. The Kier molecular flexibility index (Phi) is 2.00. The van der Waals surface area contributed by atoms with Crippen molar-refractivity contribution in [2.45, 2.75) is 0 Å². The van der Waals surface area contributed by atoms with Gasteiger partial charge in [-0.1, -0.05) is 42.5 Å². The second-order valence-corrected chi connectivity index (χ2v) is 4.28. The van der Waals surface area contributed by atoms with Crippen LogP contribution < -0.4 is 0 Å². The number of aromatic nitrogens is 1. The molecule has 0 aliphatic rings. The number of hydrogen-bond donors (Lipinski definition) is 0. The van der Waals surface area contributed by atoms with E-state index in [9.17, 15) is 0 Å². The molecule has 1 nitrogen and oxygen atoms in total. The molecular formula is C13H9NS. The van der Waals surface area contributed by atoms with E-state index in [4.69, 9.17) is 0 Å². The highest BCUT2D eigenvalue weighted by Gasteiger charge is 2.03. The second-order valence-electron chi connectivity index (χ2n) is 3.39. The van der Waals surface area contributed by atoms with Crippen molar-refractivity contribution in [1.29, 1.82) is 0 Å². The first kappa shape index (κ1) is 8.62. The van der Waals surface area contributed by atoms with E-state index in [0.29, 0.717) is 0 Å². The monoisotopic (exact) mass is 211 g/mol. The van der Waals surface area contributed by atoms with Gasteiger partial charge in [-0.05, 0) is 10.8 Å². The Morgan fingerprint density at radius 2 is 1.80 bits per heavy atom. The van der Waals surface area contributed by atoms with Crippen LogP contribution >= 0.6 is 11.3 Å². The largest absolute Gasteiger partial charge is 0.252 e. The third-order valence-corrected chi connectivity index (χ3v) is 3.29. The van der Waals surface area contributed by atoms with Crippen molar-refractivity contribution in [3.05, 3.63) is 54.2 Å². The van der Waals surface area contributed by atoms with Crippen molar-refractivity contribution >= 4 is 22.1 Å². The lowest BCUT2D eigenvalue weighted by molar-refractivity contribution is 1.43. The van der Waals surface area contributed by atoms with Gasteiger partial charge in [0.15, 0.2) is 0 Å². The van der Waals surface area contributed by atoms with Crippen molar-refractivity contribution in [1.82, 2.24) is 4.98 Å². The molecule has 0 fully saturated rings. The molecule has 0 radical (unpaired) electrons. The van der Waals surface area contributed by atoms with E-state index >= 15 is 0 Å². The topological polar surface area (TPSA) is 12.9 Å². The van der Waals surface area contributed by atoms with Crippen LogP contribution in [0.1, 0.15) is 0 Å². The van der Waals surface area contributed by atoms with E-state index < -0.39 is 0 Å². The highest BCUT2D eigenvalue weighted by molar-refractivity contribution is 7.13. The Labute approximate surface area is 92.0 Å². The fraction of sp³-hybridized carbons (Fsp3) is 0. The maximum Gasteiger partial charge on any atom is 0.0797 e. The number of hydrogen-bond acceptors (Lipinski definition) is 2. The molecule has 1 aromatic heterocycles. The first-order chi connectivity index (χ1) is 7.45. The summed E-state index contributed by atoms with van der Waals surface area (Å²) in [7, 11) is 0. The zero-order valence-electron chi connectivity index (χ0n) is 8.05. The average molecular weight is 211 g/mol. The van der Waals surface area contributed by atoms with Crippen LogP contribution in [0.25, 0.3) is 21.2 Å². The summed E-state index contributed by atoms with van der Waals surface area (Å²) in [5.74, 6) is 0. The second kappa shape index (κ2) is 3.48. The standard InChI is InChI=1S/C13H9NS/c1-2-6-11-10(4-1)5-3-7-12(11)13-8-14-9-15-13/h1-9H. The fourth-order valence-electron chi connectivity index (χ4n) is 1.79. The van der Waals surface area contributed by atoms with Gasteiger partial charge in [-0.25, -0.2) is 0 Å².